The summed E-state index contributed by atoms with van der Waals surface area (Å²) in [7, 11) is 0. The number of benzene rings is 1. The maximum atomic E-state index is 12.7. The average molecular weight is 438 g/mol. The van der Waals surface area contributed by atoms with Crippen LogP contribution in [-0.2, 0) is 12.7 Å². The molecule has 0 spiro atoms. The van der Waals surface area contributed by atoms with E-state index < -0.39 is 11.7 Å². The molecule has 3 heterocycles. The minimum absolute atomic E-state index is 0.233. The smallest absolute Gasteiger partial charge is 0.355 e. The Morgan fingerprint density at radius 3 is 2.67 bits per heavy atom. The second-order valence-corrected chi connectivity index (χ2v) is 7.63. The minimum Gasteiger partial charge on any atom is -0.355 e. The molecular weight excluding hydrogens is 419 g/mol. The van der Waals surface area contributed by atoms with Gasteiger partial charge in [0, 0.05) is 37.4 Å². The van der Waals surface area contributed by atoms with Crippen molar-refractivity contribution in [3.8, 4) is 0 Å². The molecule has 0 radical (unpaired) electrons. The van der Waals surface area contributed by atoms with Crippen LogP contribution in [0.25, 0.3) is 10.9 Å². The third-order valence-electron chi connectivity index (χ3n) is 5.08. The number of pyridine rings is 1. The number of rotatable bonds is 3. The topological polar surface area (TPSA) is 65.1 Å². The second-order valence-electron chi connectivity index (χ2n) is 7.19. The van der Waals surface area contributed by atoms with Gasteiger partial charge in [0.2, 0.25) is 0 Å². The summed E-state index contributed by atoms with van der Waals surface area (Å²) in [4.78, 5) is 27.8. The van der Waals surface area contributed by atoms with E-state index in [1.54, 1.807) is 18.2 Å². The molecule has 158 valence electrons. The van der Waals surface area contributed by atoms with Gasteiger partial charge in [-0.15, -0.1) is 0 Å². The number of hydrogen-bond donors (Lipinski definition) is 1. The Morgan fingerprint density at radius 2 is 1.93 bits per heavy atom. The number of nitrogens with zero attached hydrogens (tertiary/aromatic N) is 4. The summed E-state index contributed by atoms with van der Waals surface area (Å²) >= 11 is 5.95. The Bertz CT molecular complexity index is 1100. The predicted molar refractivity (Wildman–Crippen MR) is 109 cm³/mol. The van der Waals surface area contributed by atoms with E-state index in [9.17, 15) is 18.0 Å². The molecule has 3 aromatic rings. The Labute approximate surface area is 175 Å². The minimum atomic E-state index is -4.39. The van der Waals surface area contributed by atoms with Gasteiger partial charge in [-0.05, 0) is 36.8 Å². The second kappa shape index (κ2) is 8.23. The van der Waals surface area contributed by atoms with Crippen LogP contribution in [0.15, 0.2) is 41.3 Å². The largest absolute Gasteiger partial charge is 0.417 e. The van der Waals surface area contributed by atoms with Crippen LogP contribution < -0.4 is 10.5 Å². The number of nitrogens with one attached hydrogen (secondary N) is 1. The van der Waals surface area contributed by atoms with E-state index in [1.807, 2.05) is 4.90 Å². The molecule has 30 heavy (non-hydrogen) atoms. The summed E-state index contributed by atoms with van der Waals surface area (Å²) in [6, 6.07) is 7.47. The molecule has 2 aromatic heterocycles. The molecule has 1 fully saturated rings. The van der Waals surface area contributed by atoms with Crippen molar-refractivity contribution in [2.45, 2.75) is 19.1 Å². The molecule has 1 aliphatic heterocycles. The molecule has 10 heteroatoms. The standard InChI is InChI=1S/C20H19ClF3N5O/c21-14-3-4-16-15(10-14)19(30)27-17(26-16)12-28-6-1-7-29(9-8-28)18-5-2-13(11-25-18)20(22,23)24/h2-5,10-11H,1,6-9,12H2,(H,26,27,30). The molecule has 6 nitrogen and oxygen atoms in total. The van der Waals surface area contributed by atoms with Crippen LogP contribution in [0.5, 0.6) is 0 Å². The normalized spacial score (nSPS) is 16.1. The van der Waals surface area contributed by atoms with Crippen molar-refractivity contribution in [1.82, 2.24) is 19.9 Å². The van der Waals surface area contributed by atoms with E-state index in [0.29, 0.717) is 53.7 Å². The fourth-order valence-corrected chi connectivity index (χ4v) is 3.72. The van der Waals surface area contributed by atoms with Gasteiger partial charge < -0.3 is 9.88 Å². The van der Waals surface area contributed by atoms with Crippen molar-refractivity contribution in [2.75, 3.05) is 31.1 Å². The van der Waals surface area contributed by atoms with Crippen molar-refractivity contribution < 1.29 is 13.2 Å². The molecule has 1 N–H and O–H groups in total. The molecule has 0 amide bonds. The molecular formula is C20H19ClF3N5O. The van der Waals surface area contributed by atoms with Gasteiger partial charge >= 0.3 is 6.18 Å². The van der Waals surface area contributed by atoms with Gasteiger partial charge in [-0.25, -0.2) is 9.97 Å². The Balaban J connectivity index is 1.44. The van der Waals surface area contributed by atoms with Crippen molar-refractivity contribution in [3.05, 3.63) is 63.3 Å². The number of hydrogen-bond acceptors (Lipinski definition) is 5. The number of aromatic amines is 1. The van der Waals surface area contributed by atoms with Gasteiger partial charge in [0.15, 0.2) is 0 Å². The lowest BCUT2D eigenvalue weighted by Gasteiger charge is -2.22. The fourth-order valence-electron chi connectivity index (χ4n) is 3.54. The van der Waals surface area contributed by atoms with Crippen molar-refractivity contribution in [2.24, 2.45) is 0 Å². The molecule has 0 saturated carbocycles. The molecule has 0 aliphatic carbocycles. The summed E-state index contributed by atoms with van der Waals surface area (Å²) < 4.78 is 38.2. The van der Waals surface area contributed by atoms with Gasteiger partial charge in [0.1, 0.15) is 11.6 Å². The first-order chi connectivity index (χ1) is 14.3. The zero-order chi connectivity index (χ0) is 21.3. The van der Waals surface area contributed by atoms with Crippen LogP contribution >= 0.6 is 11.6 Å². The molecule has 1 saturated heterocycles. The van der Waals surface area contributed by atoms with Crippen molar-refractivity contribution >= 4 is 28.3 Å². The monoisotopic (exact) mass is 437 g/mol. The third kappa shape index (κ3) is 4.57. The number of halogens is 4. The van der Waals surface area contributed by atoms with Gasteiger partial charge in [-0.1, -0.05) is 11.6 Å². The highest BCUT2D eigenvalue weighted by Gasteiger charge is 2.31. The van der Waals surface area contributed by atoms with Crippen LogP contribution in [0.3, 0.4) is 0 Å². The first kappa shape index (κ1) is 20.6. The van der Waals surface area contributed by atoms with Crippen molar-refractivity contribution in [1.29, 1.82) is 0 Å². The highest BCUT2D eigenvalue weighted by atomic mass is 35.5. The van der Waals surface area contributed by atoms with Crippen molar-refractivity contribution in [3.63, 3.8) is 0 Å². The zero-order valence-corrected chi connectivity index (χ0v) is 16.7. The number of anilines is 1. The highest BCUT2D eigenvalue weighted by Crippen LogP contribution is 2.29. The van der Waals surface area contributed by atoms with Gasteiger partial charge in [-0.3, -0.25) is 9.69 Å². The van der Waals surface area contributed by atoms with E-state index in [-0.39, 0.29) is 5.56 Å². The zero-order valence-electron chi connectivity index (χ0n) is 15.9. The molecule has 1 aliphatic rings. The Hall–Kier alpha value is -2.65. The average Bonchev–Trinajstić information content (AvgIpc) is 2.94. The molecule has 0 unspecified atom stereocenters. The summed E-state index contributed by atoms with van der Waals surface area (Å²) in [5.74, 6) is 1.09. The maximum absolute atomic E-state index is 12.7. The Kier molecular flexibility index (Phi) is 5.66. The van der Waals surface area contributed by atoms with Crippen LogP contribution in [-0.4, -0.2) is 46.0 Å². The van der Waals surface area contributed by atoms with Crippen LogP contribution in [0.2, 0.25) is 5.02 Å². The van der Waals surface area contributed by atoms with E-state index in [0.717, 1.165) is 25.2 Å². The van der Waals surface area contributed by atoms with E-state index in [4.69, 9.17) is 11.6 Å². The fraction of sp³-hybridized carbons (Fsp3) is 0.350. The Morgan fingerprint density at radius 1 is 1.10 bits per heavy atom. The van der Waals surface area contributed by atoms with E-state index >= 15 is 0 Å². The molecule has 4 rings (SSSR count). The molecule has 1 aromatic carbocycles. The molecule has 0 bridgehead atoms. The van der Waals surface area contributed by atoms with Gasteiger partial charge in [0.05, 0.1) is 23.0 Å². The van der Waals surface area contributed by atoms with Crippen LogP contribution in [0, 0.1) is 0 Å². The van der Waals surface area contributed by atoms with Gasteiger partial charge in [-0.2, -0.15) is 13.2 Å². The van der Waals surface area contributed by atoms with E-state index in [1.165, 1.54) is 6.07 Å². The quantitative estimate of drug-likeness (QED) is 0.676. The number of fused-ring (bicyclic) bond motifs is 1. The van der Waals surface area contributed by atoms with Crippen LogP contribution in [0.4, 0.5) is 19.0 Å². The van der Waals surface area contributed by atoms with Crippen LogP contribution in [0.1, 0.15) is 17.8 Å². The predicted octanol–water partition coefficient (Wildman–Crippen LogP) is 3.70. The maximum Gasteiger partial charge on any atom is 0.417 e. The highest BCUT2D eigenvalue weighted by molar-refractivity contribution is 6.31. The van der Waals surface area contributed by atoms with E-state index in [2.05, 4.69) is 19.9 Å². The lowest BCUT2D eigenvalue weighted by molar-refractivity contribution is -0.137. The summed E-state index contributed by atoms with van der Waals surface area (Å²) in [5, 5.41) is 0.925. The number of alkyl halides is 3. The summed E-state index contributed by atoms with van der Waals surface area (Å²) in [5.41, 5.74) is -0.401. The lowest BCUT2D eigenvalue weighted by Crippen LogP contribution is -2.32. The summed E-state index contributed by atoms with van der Waals surface area (Å²) in [6.45, 7) is 3.23. The first-order valence-corrected chi connectivity index (χ1v) is 9.86. The molecule has 0 atom stereocenters. The lowest BCUT2D eigenvalue weighted by atomic mass is 10.2. The summed E-state index contributed by atoms with van der Waals surface area (Å²) in [6.07, 6.45) is -2.71. The number of aromatic nitrogens is 3. The third-order valence-corrected chi connectivity index (χ3v) is 5.31. The van der Waals surface area contributed by atoms with Gasteiger partial charge in [0.25, 0.3) is 5.56 Å². The number of H-pyrrole nitrogens is 1. The SMILES string of the molecule is O=c1[nH]c(CN2CCCN(c3ccc(C(F)(F)F)cn3)CC2)nc2ccc(Cl)cc12. The first-order valence-electron chi connectivity index (χ1n) is 9.48.